The van der Waals surface area contributed by atoms with Crippen molar-refractivity contribution in [2.24, 2.45) is 5.41 Å². The van der Waals surface area contributed by atoms with E-state index >= 15 is 0 Å². The number of esters is 1. The number of fused-ring (bicyclic) bond motifs is 1. The van der Waals surface area contributed by atoms with Gasteiger partial charge in [0.05, 0.1) is 11.8 Å². The van der Waals surface area contributed by atoms with Crippen LogP contribution in [0.25, 0.3) is 0 Å². The lowest BCUT2D eigenvalue weighted by atomic mass is 9.89. The molecule has 1 N–H and O–H groups in total. The van der Waals surface area contributed by atoms with Crippen molar-refractivity contribution in [1.29, 1.82) is 0 Å². The fraction of sp³-hybridized carbons (Fsp3) is 0.929. The molecule has 3 atom stereocenters. The largest absolute Gasteiger partial charge is 0.449 e. The Morgan fingerprint density at radius 2 is 1.50 bits per heavy atom. The van der Waals surface area contributed by atoms with Crippen LogP contribution in [0.1, 0.15) is 33.6 Å². The number of hydrogen-bond donors (Lipinski definition) is 1. The third kappa shape index (κ3) is 2.36. The van der Waals surface area contributed by atoms with Crippen molar-refractivity contribution >= 4 is 5.97 Å². The van der Waals surface area contributed by atoms with Crippen molar-refractivity contribution in [1.82, 2.24) is 0 Å². The second-order valence-electron chi connectivity index (χ2n) is 7.33. The Morgan fingerprint density at radius 1 is 1.04 bits per heavy atom. The second kappa shape index (κ2) is 5.43. The lowest BCUT2D eigenvalue weighted by Gasteiger charge is -2.44. The van der Waals surface area contributed by atoms with Crippen LogP contribution < -0.4 is 0 Å². The summed E-state index contributed by atoms with van der Waals surface area (Å²) in [6.45, 7) is 3.38. The zero-order valence-corrected chi connectivity index (χ0v) is 14.4. The molecule has 0 aromatic heterocycles. The van der Waals surface area contributed by atoms with Gasteiger partial charge in [-0.2, -0.15) is 35.1 Å². The van der Waals surface area contributed by atoms with Crippen LogP contribution in [0.4, 0.5) is 43.9 Å². The first-order chi connectivity index (χ1) is 12.1. The van der Waals surface area contributed by atoms with E-state index in [2.05, 4.69) is 9.47 Å². The lowest BCUT2D eigenvalue weighted by Crippen LogP contribution is -2.70. The summed E-state index contributed by atoms with van der Waals surface area (Å²) >= 11 is 0. The monoisotopic (exact) mass is 436 g/mol. The van der Waals surface area contributed by atoms with E-state index in [9.17, 15) is 53.8 Å². The molecule has 3 unspecified atom stereocenters. The number of carbonyl (C=O) groups is 1. The highest BCUT2D eigenvalue weighted by Gasteiger charge is 3.10. The van der Waals surface area contributed by atoms with Gasteiger partial charge in [0, 0.05) is 0 Å². The molecule has 4 nitrogen and oxygen atoms in total. The molecule has 1 saturated heterocycles. The molecular weight excluding hydrogens is 422 g/mol. The SMILES string of the molecule is CCC(C)(C)C(=O)OC12CC(F)(F)C(O)(C(F)(F)F)OC1(C(F)(F)F)C2(F)F. The number of carbonyl (C=O) groups excluding carboxylic acids is 1. The van der Waals surface area contributed by atoms with Gasteiger partial charge >= 0.3 is 36.0 Å². The summed E-state index contributed by atoms with van der Waals surface area (Å²) in [4.78, 5) is 12.0. The number of hydrogen-bond acceptors (Lipinski definition) is 4. The molecule has 28 heavy (non-hydrogen) atoms. The van der Waals surface area contributed by atoms with Crippen molar-refractivity contribution in [3.05, 3.63) is 0 Å². The predicted octanol–water partition coefficient (Wildman–Crippen LogP) is 3.96. The van der Waals surface area contributed by atoms with Gasteiger partial charge in [-0.1, -0.05) is 6.92 Å². The maximum Gasteiger partial charge on any atom is 0.449 e. The van der Waals surface area contributed by atoms with E-state index in [1.807, 2.05) is 0 Å². The number of ether oxygens (including phenoxy) is 2. The normalized spacial score (nSPS) is 37.2. The van der Waals surface area contributed by atoms with E-state index in [1.54, 1.807) is 0 Å². The molecule has 0 spiro atoms. The van der Waals surface area contributed by atoms with Crippen molar-refractivity contribution in [2.75, 3.05) is 0 Å². The fourth-order valence-electron chi connectivity index (χ4n) is 2.95. The first-order valence-corrected chi connectivity index (χ1v) is 7.65. The fourth-order valence-corrected chi connectivity index (χ4v) is 2.95. The highest BCUT2D eigenvalue weighted by atomic mass is 19.4. The topological polar surface area (TPSA) is 55.8 Å². The molecule has 1 saturated carbocycles. The van der Waals surface area contributed by atoms with Gasteiger partial charge in [-0.15, -0.1) is 0 Å². The molecule has 1 heterocycles. The number of rotatable bonds is 3. The summed E-state index contributed by atoms with van der Waals surface area (Å²) < 4.78 is 143. The molecule has 1 aliphatic carbocycles. The second-order valence-corrected chi connectivity index (χ2v) is 7.33. The van der Waals surface area contributed by atoms with Gasteiger partial charge in [-0.05, 0) is 20.3 Å². The van der Waals surface area contributed by atoms with Crippen LogP contribution in [0.15, 0.2) is 0 Å². The van der Waals surface area contributed by atoms with Gasteiger partial charge in [0.2, 0.25) is 5.60 Å². The molecule has 2 rings (SSSR count). The average molecular weight is 436 g/mol. The summed E-state index contributed by atoms with van der Waals surface area (Å²) in [5, 5.41) is 9.18. The molecule has 14 heteroatoms. The van der Waals surface area contributed by atoms with Crippen molar-refractivity contribution in [3.8, 4) is 0 Å². The van der Waals surface area contributed by atoms with Crippen LogP contribution in [-0.4, -0.2) is 52.3 Å². The number of aliphatic hydroxyl groups is 1. The summed E-state index contributed by atoms with van der Waals surface area (Å²) in [6, 6.07) is 0. The lowest BCUT2D eigenvalue weighted by molar-refractivity contribution is -0.484. The van der Waals surface area contributed by atoms with Gasteiger partial charge in [0.15, 0.2) is 0 Å². The number of alkyl halides is 10. The van der Waals surface area contributed by atoms with E-state index in [0.29, 0.717) is 0 Å². The highest BCUT2D eigenvalue weighted by molar-refractivity contribution is 5.77. The van der Waals surface area contributed by atoms with Crippen molar-refractivity contribution in [2.45, 2.75) is 74.8 Å². The Hall–Kier alpha value is -1.31. The molecule has 0 radical (unpaired) electrons. The van der Waals surface area contributed by atoms with Crippen LogP contribution in [0.5, 0.6) is 0 Å². The van der Waals surface area contributed by atoms with Crippen LogP contribution >= 0.6 is 0 Å². The zero-order valence-electron chi connectivity index (χ0n) is 14.4. The molecule has 1 aliphatic heterocycles. The first kappa shape index (κ1) is 23.0. The van der Waals surface area contributed by atoms with Crippen molar-refractivity contribution < 1.29 is 63.3 Å². The zero-order chi connectivity index (χ0) is 22.4. The Balaban J connectivity index is 2.69. The summed E-state index contributed by atoms with van der Waals surface area (Å²) in [5.74, 6) is -18.9. The summed E-state index contributed by atoms with van der Waals surface area (Å²) in [6.07, 6.45) is -16.1. The van der Waals surface area contributed by atoms with Gasteiger partial charge in [-0.3, -0.25) is 4.79 Å². The summed E-state index contributed by atoms with van der Waals surface area (Å²) in [7, 11) is 0. The van der Waals surface area contributed by atoms with Gasteiger partial charge in [0.1, 0.15) is 0 Å². The maximum atomic E-state index is 14.3. The minimum Gasteiger partial charge on any atom is -0.448 e. The van der Waals surface area contributed by atoms with Crippen LogP contribution in [0.3, 0.4) is 0 Å². The third-order valence-electron chi connectivity index (χ3n) is 5.21. The van der Waals surface area contributed by atoms with Gasteiger partial charge in [-0.25, -0.2) is 8.78 Å². The average Bonchev–Trinajstić information content (AvgIpc) is 2.87. The van der Waals surface area contributed by atoms with Gasteiger partial charge < -0.3 is 14.6 Å². The molecule has 0 aromatic carbocycles. The molecule has 0 bridgehead atoms. The van der Waals surface area contributed by atoms with Gasteiger partial charge in [0.25, 0.3) is 5.60 Å². The Labute approximate surface area is 150 Å². The van der Waals surface area contributed by atoms with Crippen LogP contribution in [-0.2, 0) is 14.3 Å². The quantitative estimate of drug-likeness (QED) is 0.538. The van der Waals surface area contributed by atoms with E-state index in [0.717, 1.165) is 13.8 Å². The van der Waals surface area contributed by atoms with E-state index < -0.39 is 59.0 Å². The predicted molar refractivity (Wildman–Crippen MR) is 68.3 cm³/mol. The third-order valence-corrected chi connectivity index (χ3v) is 5.21. The minimum atomic E-state index is -6.58. The molecule has 2 fully saturated rings. The Kier molecular flexibility index (Phi) is 4.46. The molecular formula is C14H14F10O4. The first-order valence-electron chi connectivity index (χ1n) is 7.65. The molecule has 2 aliphatic rings. The maximum absolute atomic E-state index is 14.3. The van der Waals surface area contributed by atoms with Crippen LogP contribution in [0.2, 0.25) is 0 Å². The smallest absolute Gasteiger partial charge is 0.448 e. The highest BCUT2D eigenvalue weighted by Crippen LogP contribution is 2.79. The molecule has 0 aromatic rings. The van der Waals surface area contributed by atoms with Crippen LogP contribution in [0, 0.1) is 5.41 Å². The van der Waals surface area contributed by atoms with E-state index in [-0.39, 0.29) is 6.42 Å². The minimum absolute atomic E-state index is 0.184. The molecule has 0 amide bonds. The van der Waals surface area contributed by atoms with E-state index in [1.165, 1.54) is 6.92 Å². The standard InChI is InChI=1S/C14H14F10O4/c1-4-7(2,3)6(25)27-8-5-9(15,16)12(26,14(22,23)24)28-10(8,11(8,17)18)13(19,20)21/h26H,4-5H2,1-3H3. The Morgan fingerprint density at radius 3 is 1.86 bits per heavy atom. The van der Waals surface area contributed by atoms with E-state index in [4.69, 9.17) is 0 Å². The number of halogens is 10. The summed E-state index contributed by atoms with van der Waals surface area (Å²) in [5.41, 5.74) is -11.5. The molecule has 164 valence electrons. The van der Waals surface area contributed by atoms with Crippen molar-refractivity contribution in [3.63, 3.8) is 0 Å². The Bertz CT molecular complexity index is 685.